The van der Waals surface area contributed by atoms with Crippen LogP contribution in [0.15, 0.2) is 48.5 Å². The van der Waals surface area contributed by atoms with Crippen LogP contribution in [-0.2, 0) is 14.4 Å². The largest absolute Gasteiger partial charge is 0.369 e. The fourth-order valence-electron chi connectivity index (χ4n) is 4.45. The van der Waals surface area contributed by atoms with Gasteiger partial charge >= 0.3 is 0 Å². The van der Waals surface area contributed by atoms with Crippen LogP contribution < -0.4 is 15.5 Å². The zero-order chi connectivity index (χ0) is 24.1. The zero-order valence-corrected chi connectivity index (χ0v) is 20.1. The Morgan fingerprint density at radius 2 is 1.82 bits per heavy atom. The van der Waals surface area contributed by atoms with Gasteiger partial charge in [-0.3, -0.25) is 19.3 Å². The summed E-state index contributed by atoms with van der Waals surface area (Å²) in [4.78, 5) is 44.2. The van der Waals surface area contributed by atoms with E-state index in [1.54, 1.807) is 11.0 Å². The molecule has 4 rings (SSSR count). The van der Waals surface area contributed by atoms with Crippen LogP contribution >= 0.6 is 11.6 Å². The van der Waals surface area contributed by atoms with E-state index >= 15 is 0 Å². The number of rotatable bonds is 6. The summed E-state index contributed by atoms with van der Waals surface area (Å²) in [6.07, 6.45) is -0.0753. The molecule has 1 atom stereocenters. The molecule has 2 aliphatic rings. The molecule has 34 heavy (non-hydrogen) atoms. The van der Waals surface area contributed by atoms with Crippen molar-refractivity contribution in [3.8, 4) is 0 Å². The fourth-order valence-corrected chi connectivity index (χ4v) is 4.63. The molecule has 2 fully saturated rings. The average Bonchev–Trinajstić information content (AvgIpc) is 2.81. The second-order valence-electron chi connectivity index (χ2n) is 8.76. The molecule has 0 bridgehead atoms. The molecule has 0 radical (unpaired) electrons. The lowest BCUT2D eigenvalue weighted by Crippen LogP contribution is -2.60. The van der Waals surface area contributed by atoms with Gasteiger partial charge in [-0.15, -0.1) is 0 Å². The van der Waals surface area contributed by atoms with Gasteiger partial charge in [0.1, 0.15) is 6.04 Å². The number of hydrogen-bond donors (Lipinski definition) is 2. The number of aryl methyl sites for hydroxylation is 1. The average molecular weight is 484 g/mol. The number of carbonyl (C=O) groups is 3. The molecule has 3 amide bonds. The third kappa shape index (κ3) is 6.07. The van der Waals surface area contributed by atoms with Gasteiger partial charge in [0.25, 0.3) is 0 Å². The second-order valence-corrected chi connectivity index (χ2v) is 9.20. The smallest absolute Gasteiger partial charge is 0.243 e. The molecule has 2 N–H and O–H groups in total. The summed E-state index contributed by atoms with van der Waals surface area (Å²) in [7, 11) is 0. The van der Waals surface area contributed by atoms with Crippen molar-refractivity contribution in [1.29, 1.82) is 0 Å². The molecule has 9 heteroatoms. The summed E-state index contributed by atoms with van der Waals surface area (Å²) in [6, 6.07) is 14.4. The van der Waals surface area contributed by atoms with Crippen molar-refractivity contribution in [2.24, 2.45) is 0 Å². The molecule has 2 aromatic rings. The minimum Gasteiger partial charge on any atom is -0.369 e. The van der Waals surface area contributed by atoms with E-state index in [4.69, 9.17) is 11.6 Å². The van der Waals surface area contributed by atoms with Gasteiger partial charge in [0.2, 0.25) is 17.7 Å². The van der Waals surface area contributed by atoms with Crippen LogP contribution in [-0.4, -0.2) is 79.4 Å². The van der Waals surface area contributed by atoms with Gasteiger partial charge in [0.05, 0.1) is 13.0 Å². The lowest BCUT2D eigenvalue weighted by molar-refractivity contribution is -0.145. The van der Waals surface area contributed by atoms with E-state index < -0.39 is 6.04 Å². The maximum absolute atomic E-state index is 13.1. The molecular formula is C25H30ClN5O3. The first kappa shape index (κ1) is 24.0. The summed E-state index contributed by atoms with van der Waals surface area (Å²) in [6.45, 7) is 6.01. The highest BCUT2D eigenvalue weighted by Gasteiger charge is 2.35. The number of carbonyl (C=O) groups excluding carboxylic acids is 3. The monoisotopic (exact) mass is 483 g/mol. The topological polar surface area (TPSA) is 85.0 Å². The van der Waals surface area contributed by atoms with E-state index in [2.05, 4.69) is 20.4 Å². The molecule has 0 aromatic heterocycles. The molecule has 2 saturated heterocycles. The molecule has 2 aliphatic heterocycles. The van der Waals surface area contributed by atoms with Crippen LogP contribution in [0.5, 0.6) is 0 Å². The summed E-state index contributed by atoms with van der Waals surface area (Å²) in [5, 5.41) is 6.32. The third-order valence-corrected chi connectivity index (χ3v) is 6.47. The van der Waals surface area contributed by atoms with Crippen molar-refractivity contribution in [1.82, 2.24) is 15.1 Å². The highest BCUT2D eigenvalue weighted by atomic mass is 35.5. The van der Waals surface area contributed by atoms with Crippen LogP contribution in [0, 0.1) is 6.92 Å². The Morgan fingerprint density at radius 3 is 2.56 bits per heavy atom. The minimum absolute atomic E-state index is 0.0753. The summed E-state index contributed by atoms with van der Waals surface area (Å²) in [5.41, 5.74) is 2.78. The fraction of sp³-hybridized carbons (Fsp3) is 0.400. The molecule has 0 aliphatic carbocycles. The Morgan fingerprint density at radius 1 is 1.06 bits per heavy atom. The summed E-state index contributed by atoms with van der Waals surface area (Å²) >= 11 is 6.11. The predicted molar refractivity (Wildman–Crippen MR) is 133 cm³/mol. The first-order valence-corrected chi connectivity index (χ1v) is 11.9. The van der Waals surface area contributed by atoms with Crippen molar-refractivity contribution in [2.45, 2.75) is 19.4 Å². The van der Waals surface area contributed by atoms with Gasteiger partial charge in [-0.25, -0.2) is 0 Å². The highest BCUT2D eigenvalue weighted by molar-refractivity contribution is 6.30. The van der Waals surface area contributed by atoms with Crippen molar-refractivity contribution >= 4 is 40.7 Å². The van der Waals surface area contributed by atoms with Crippen LogP contribution in [0.25, 0.3) is 0 Å². The van der Waals surface area contributed by atoms with E-state index in [1.165, 1.54) is 0 Å². The Labute approximate surface area is 204 Å². The SMILES string of the molecule is Cc1cccc(NC(=O)C[C@H]2C(=O)NCCN2C(=O)CN2CCN(c3cccc(Cl)c3)CC2)c1. The van der Waals surface area contributed by atoms with E-state index in [0.29, 0.717) is 23.8 Å². The molecule has 2 aromatic carbocycles. The van der Waals surface area contributed by atoms with Crippen LogP contribution in [0.3, 0.4) is 0 Å². The first-order chi connectivity index (χ1) is 16.4. The lowest BCUT2D eigenvalue weighted by Gasteiger charge is -2.39. The molecule has 8 nitrogen and oxygen atoms in total. The van der Waals surface area contributed by atoms with Gasteiger partial charge in [-0.05, 0) is 42.8 Å². The summed E-state index contributed by atoms with van der Waals surface area (Å²) in [5.74, 6) is -0.704. The number of anilines is 2. The summed E-state index contributed by atoms with van der Waals surface area (Å²) < 4.78 is 0. The standard InChI is InChI=1S/C25H30ClN5O3/c1-18-4-2-6-20(14-18)28-23(32)16-22-25(34)27-8-9-31(22)24(33)17-29-10-12-30(13-11-29)21-7-3-5-19(26)15-21/h2-7,14-15,22H,8-13,16-17H2,1H3,(H,27,34)(H,28,32)/t22-/m0/s1. The van der Waals surface area contributed by atoms with E-state index in [-0.39, 0.29) is 30.7 Å². The number of nitrogens with one attached hydrogen (secondary N) is 2. The Kier molecular flexibility index (Phi) is 7.70. The number of halogens is 1. The van der Waals surface area contributed by atoms with Crippen molar-refractivity contribution in [2.75, 3.05) is 56.0 Å². The third-order valence-electron chi connectivity index (χ3n) is 6.24. The van der Waals surface area contributed by atoms with Crippen LogP contribution in [0.1, 0.15) is 12.0 Å². The van der Waals surface area contributed by atoms with Crippen LogP contribution in [0.4, 0.5) is 11.4 Å². The molecular weight excluding hydrogens is 454 g/mol. The first-order valence-electron chi connectivity index (χ1n) is 11.6. The van der Waals surface area contributed by atoms with Gasteiger partial charge < -0.3 is 20.4 Å². The van der Waals surface area contributed by atoms with Crippen LogP contribution in [0.2, 0.25) is 5.02 Å². The van der Waals surface area contributed by atoms with Crippen molar-refractivity contribution in [3.63, 3.8) is 0 Å². The Bertz CT molecular complexity index is 1050. The molecule has 0 saturated carbocycles. The molecule has 180 valence electrons. The normalized spacial score (nSPS) is 19.0. The lowest BCUT2D eigenvalue weighted by atomic mass is 10.1. The van der Waals surface area contributed by atoms with Crippen molar-refractivity contribution in [3.05, 3.63) is 59.1 Å². The quantitative estimate of drug-likeness (QED) is 0.657. The second kappa shape index (κ2) is 10.9. The van der Waals surface area contributed by atoms with E-state index in [1.807, 2.05) is 49.4 Å². The number of benzene rings is 2. The van der Waals surface area contributed by atoms with Crippen molar-refractivity contribution < 1.29 is 14.4 Å². The zero-order valence-electron chi connectivity index (χ0n) is 19.3. The maximum Gasteiger partial charge on any atom is 0.243 e. The number of piperazine rings is 2. The van der Waals surface area contributed by atoms with Gasteiger partial charge in [0.15, 0.2) is 0 Å². The van der Waals surface area contributed by atoms with Gasteiger partial charge in [-0.1, -0.05) is 29.8 Å². The number of hydrogen-bond acceptors (Lipinski definition) is 5. The molecule has 2 heterocycles. The Hall–Kier alpha value is -3.10. The molecule has 0 unspecified atom stereocenters. The predicted octanol–water partition coefficient (Wildman–Crippen LogP) is 2.13. The maximum atomic E-state index is 13.1. The van der Waals surface area contributed by atoms with Gasteiger partial charge in [0, 0.05) is 55.7 Å². The van der Waals surface area contributed by atoms with Gasteiger partial charge in [-0.2, -0.15) is 0 Å². The van der Waals surface area contributed by atoms with E-state index in [0.717, 1.165) is 37.4 Å². The Balaban J connectivity index is 1.32. The van der Waals surface area contributed by atoms with E-state index in [9.17, 15) is 14.4 Å². The molecule has 0 spiro atoms. The minimum atomic E-state index is -0.807. The highest BCUT2D eigenvalue weighted by Crippen LogP contribution is 2.21. The number of amides is 3. The number of nitrogens with zero attached hydrogens (tertiary/aromatic N) is 3.